The average molecular weight is 349 g/mol. The van der Waals surface area contributed by atoms with Crippen LogP contribution in [0.4, 0.5) is 4.39 Å². The van der Waals surface area contributed by atoms with Crippen molar-refractivity contribution in [1.82, 2.24) is 10.2 Å². The molecule has 110 valence electrons. The molecule has 0 bridgehead atoms. The van der Waals surface area contributed by atoms with Gasteiger partial charge in [-0.25, -0.2) is 4.39 Å². The Hall–Kier alpha value is -1.23. The fourth-order valence-corrected chi connectivity index (χ4v) is 3.37. The highest BCUT2D eigenvalue weighted by molar-refractivity contribution is 9.10. The van der Waals surface area contributed by atoms with Crippen LogP contribution >= 0.6 is 15.9 Å². The second-order valence-corrected chi connectivity index (χ2v) is 6.12. The summed E-state index contributed by atoms with van der Waals surface area (Å²) in [4.78, 5) is 2.45. The lowest BCUT2D eigenvalue weighted by Crippen LogP contribution is -2.45. The van der Waals surface area contributed by atoms with E-state index in [1.165, 1.54) is 5.56 Å². The van der Waals surface area contributed by atoms with Crippen molar-refractivity contribution in [3.05, 3.63) is 69.9 Å². The van der Waals surface area contributed by atoms with Gasteiger partial charge in [-0.1, -0.05) is 46.3 Å². The van der Waals surface area contributed by atoms with Crippen molar-refractivity contribution in [3.8, 4) is 0 Å². The SMILES string of the molecule is Fc1ccc(C(c2ccccc2Br)N2CCNCC2)cc1. The predicted molar refractivity (Wildman–Crippen MR) is 86.8 cm³/mol. The average Bonchev–Trinajstić information content (AvgIpc) is 2.52. The van der Waals surface area contributed by atoms with E-state index in [1.807, 2.05) is 18.2 Å². The van der Waals surface area contributed by atoms with Crippen LogP contribution in [0.3, 0.4) is 0 Å². The van der Waals surface area contributed by atoms with Gasteiger partial charge in [0.1, 0.15) is 5.82 Å². The molecule has 2 aromatic rings. The molecule has 0 amide bonds. The highest BCUT2D eigenvalue weighted by Gasteiger charge is 2.25. The molecule has 0 radical (unpaired) electrons. The van der Waals surface area contributed by atoms with Gasteiger partial charge in [0.2, 0.25) is 0 Å². The van der Waals surface area contributed by atoms with Crippen molar-refractivity contribution in [2.45, 2.75) is 6.04 Å². The van der Waals surface area contributed by atoms with E-state index in [2.05, 4.69) is 44.3 Å². The van der Waals surface area contributed by atoms with Crippen LogP contribution in [-0.4, -0.2) is 31.1 Å². The Bertz CT molecular complexity index is 594. The van der Waals surface area contributed by atoms with Gasteiger partial charge < -0.3 is 5.32 Å². The van der Waals surface area contributed by atoms with Crippen LogP contribution in [0.25, 0.3) is 0 Å². The van der Waals surface area contributed by atoms with E-state index in [4.69, 9.17) is 0 Å². The van der Waals surface area contributed by atoms with E-state index in [-0.39, 0.29) is 11.9 Å². The molecule has 1 N–H and O–H groups in total. The number of rotatable bonds is 3. The Morgan fingerprint density at radius 2 is 1.67 bits per heavy atom. The molecule has 0 aliphatic carbocycles. The van der Waals surface area contributed by atoms with Gasteiger partial charge in [0.15, 0.2) is 0 Å². The molecule has 1 unspecified atom stereocenters. The van der Waals surface area contributed by atoms with Crippen molar-refractivity contribution in [3.63, 3.8) is 0 Å². The standard InChI is InChI=1S/C17H18BrFN2/c18-16-4-2-1-3-15(16)17(21-11-9-20-10-12-21)13-5-7-14(19)8-6-13/h1-8,17,20H,9-12H2. The lowest BCUT2D eigenvalue weighted by molar-refractivity contribution is 0.198. The largest absolute Gasteiger partial charge is 0.314 e. The molecule has 1 heterocycles. The maximum Gasteiger partial charge on any atom is 0.123 e. The summed E-state index contributed by atoms with van der Waals surface area (Å²) >= 11 is 3.66. The summed E-state index contributed by atoms with van der Waals surface area (Å²) in [6, 6.07) is 15.3. The summed E-state index contributed by atoms with van der Waals surface area (Å²) in [5.74, 6) is -0.190. The predicted octanol–water partition coefficient (Wildman–Crippen LogP) is 3.58. The lowest BCUT2D eigenvalue weighted by Gasteiger charge is -2.36. The highest BCUT2D eigenvalue weighted by atomic mass is 79.9. The molecule has 2 nitrogen and oxygen atoms in total. The summed E-state index contributed by atoms with van der Waals surface area (Å²) in [5, 5.41) is 3.38. The molecule has 0 saturated carbocycles. The molecular formula is C17H18BrFN2. The van der Waals surface area contributed by atoms with Gasteiger partial charge in [-0.05, 0) is 29.3 Å². The molecule has 4 heteroatoms. The molecular weight excluding hydrogens is 331 g/mol. The highest BCUT2D eigenvalue weighted by Crippen LogP contribution is 2.33. The number of piperazine rings is 1. The topological polar surface area (TPSA) is 15.3 Å². The van der Waals surface area contributed by atoms with Gasteiger partial charge in [0.25, 0.3) is 0 Å². The van der Waals surface area contributed by atoms with Crippen LogP contribution in [0.2, 0.25) is 0 Å². The second kappa shape index (κ2) is 6.69. The first-order valence-corrected chi connectivity index (χ1v) is 7.99. The normalized spacial score (nSPS) is 17.6. The van der Waals surface area contributed by atoms with E-state index >= 15 is 0 Å². The number of benzene rings is 2. The van der Waals surface area contributed by atoms with Crippen molar-refractivity contribution in [2.75, 3.05) is 26.2 Å². The summed E-state index contributed by atoms with van der Waals surface area (Å²) in [6.45, 7) is 3.96. The van der Waals surface area contributed by atoms with E-state index in [0.717, 1.165) is 36.2 Å². The zero-order valence-electron chi connectivity index (χ0n) is 11.7. The number of nitrogens with zero attached hydrogens (tertiary/aromatic N) is 1. The summed E-state index contributed by atoms with van der Waals surface area (Å²) in [5.41, 5.74) is 2.36. The minimum absolute atomic E-state index is 0.156. The Morgan fingerprint density at radius 3 is 2.33 bits per heavy atom. The summed E-state index contributed by atoms with van der Waals surface area (Å²) in [7, 11) is 0. The van der Waals surface area contributed by atoms with Crippen LogP contribution in [0.15, 0.2) is 53.0 Å². The Morgan fingerprint density at radius 1 is 1.00 bits per heavy atom. The molecule has 0 spiro atoms. The van der Waals surface area contributed by atoms with Gasteiger partial charge in [-0.15, -0.1) is 0 Å². The molecule has 3 rings (SSSR count). The van der Waals surface area contributed by atoms with Gasteiger partial charge in [-0.3, -0.25) is 4.90 Å². The third-order valence-electron chi connectivity index (χ3n) is 3.90. The Kier molecular flexibility index (Phi) is 4.68. The monoisotopic (exact) mass is 348 g/mol. The quantitative estimate of drug-likeness (QED) is 0.911. The van der Waals surface area contributed by atoms with E-state index in [9.17, 15) is 4.39 Å². The molecule has 1 aliphatic rings. The van der Waals surface area contributed by atoms with E-state index < -0.39 is 0 Å². The molecule has 1 aliphatic heterocycles. The molecule has 1 fully saturated rings. The van der Waals surface area contributed by atoms with E-state index in [1.54, 1.807) is 12.1 Å². The van der Waals surface area contributed by atoms with Gasteiger partial charge in [0.05, 0.1) is 6.04 Å². The maximum absolute atomic E-state index is 13.2. The maximum atomic E-state index is 13.2. The summed E-state index contributed by atoms with van der Waals surface area (Å²) in [6.07, 6.45) is 0. The molecule has 1 atom stereocenters. The van der Waals surface area contributed by atoms with Gasteiger partial charge >= 0.3 is 0 Å². The van der Waals surface area contributed by atoms with Crippen LogP contribution < -0.4 is 5.32 Å². The minimum Gasteiger partial charge on any atom is -0.314 e. The fourth-order valence-electron chi connectivity index (χ4n) is 2.87. The van der Waals surface area contributed by atoms with E-state index in [0.29, 0.717) is 0 Å². The van der Waals surface area contributed by atoms with Crippen molar-refractivity contribution >= 4 is 15.9 Å². The zero-order valence-corrected chi connectivity index (χ0v) is 13.3. The smallest absolute Gasteiger partial charge is 0.123 e. The number of hydrogen-bond donors (Lipinski definition) is 1. The molecule has 2 aromatic carbocycles. The van der Waals surface area contributed by atoms with Crippen LogP contribution in [-0.2, 0) is 0 Å². The van der Waals surface area contributed by atoms with Gasteiger partial charge in [-0.2, -0.15) is 0 Å². The lowest BCUT2D eigenvalue weighted by atomic mass is 9.96. The molecule has 0 aromatic heterocycles. The van der Waals surface area contributed by atoms with Crippen molar-refractivity contribution < 1.29 is 4.39 Å². The summed E-state index contributed by atoms with van der Waals surface area (Å²) < 4.78 is 14.3. The third kappa shape index (κ3) is 3.34. The van der Waals surface area contributed by atoms with Crippen LogP contribution in [0.5, 0.6) is 0 Å². The number of halogens is 2. The van der Waals surface area contributed by atoms with Gasteiger partial charge in [0, 0.05) is 30.7 Å². The number of hydrogen-bond acceptors (Lipinski definition) is 2. The fraction of sp³-hybridized carbons (Fsp3) is 0.294. The van der Waals surface area contributed by atoms with Crippen LogP contribution in [0, 0.1) is 5.82 Å². The second-order valence-electron chi connectivity index (χ2n) is 5.26. The first kappa shape index (κ1) is 14.7. The first-order chi connectivity index (χ1) is 10.3. The van der Waals surface area contributed by atoms with Crippen molar-refractivity contribution in [2.24, 2.45) is 0 Å². The minimum atomic E-state index is -0.190. The van der Waals surface area contributed by atoms with Crippen LogP contribution in [0.1, 0.15) is 17.2 Å². The molecule has 1 saturated heterocycles. The Labute approximate surface area is 133 Å². The molecule has 21 heavy (non-hydrogen) atoms. The van der Waals surface area contributed by atoms with Crippen molar-refractivity contribution in [1.29, 1.82) is 0 Å². The zero-order chi connectivity index (χ0) is 14.7. The third-order valence-corrected chi connectivity index (χ3v) is 4.62. The Balaban J connectivity index is 2.01. The first-order valence-electron chi connectivity index (χ1n) is 7.20. The number of nitrogens with one attached hydrogen (secondary N) is 1.